The maximum atomic E-state index is 13.1. The molecule has 2 rings (SSSR count). The van der Waals surface area contributed by atoms with Crippen LogP contribution >= 0.6 is 43.2 Å². The predicted molar refractivity (Wildman–Crippen MR) is 75.0 cm³/mol. The van der Waals surface area contributed by atoms with Crippen molar-refractivity contribution in [3.8, 4) is 10.6 Å². The molecule has 1 atom stereocenters. The first kappa shape index (κ1) is 13.1. The lowest BCUT2D eigenvalue weighted by atomic mass is 10.2. The maximum absolute atomic E-state index is 13.1. The number of benzene rings is 1. The van der Waals surface area contributed by atoms with Crippen LogP contribution in [0.2, 0.25) is 0 Å². The first-order chi connectivity index (χ1) is 8.11. The van der Waals surface area contributed by atoms with E-state index in [1.165, 1.54) is 17.4 Å². The van der Waals surface area contributed by atoms with Gasteiger partial charge in [-0.3, -0.25) is 0 Å². The van der Waals surface area contributed by atoms with E-state index in [2.05, 4.69) is 49.0 Å². The molecule has 1 aromatic heterocycles. The van der Waals surface area contributed by atoms with Crippen LogP contribution in [0.4, 0.5) is 4.39 Å². The monoisotopic (exact) mass is 378 g/mol. The summed E-state index contributed by atoms with van der Waals surface area (Å²) in [4.78, 5) is 0.234. The van der Waals surface area contributed by atoms with Gasteiger partial charge in [0.15, 0.2) is 0 Å². The fourth-order valence-electron chi connectivity index (χ4n) is 1.28. The van der Waals surface area contributed by atoms with Gasteiger partial charge in [0.25, 0.3) is 0 Å². The molecule has 0 N–H and O–H groups in total. The Balaban J connectivity index is 2.33. The molecule has 0 amide bonds. The fourth-order valence-corrected chi connectivity index (χ4v) is 2.93. The zero-order valence-corrected chi connectivity index (χ0v) is 12.9. The Morgan fingerprint density at radius 3 is 2.82 bits per heavy atom. The topological polar surface area (TPSA) is 25.8 Å². The van der Waals surface area contributed by atoms with Crippen molar-refractivity contribution < 1.29 is 4.39 Å². The number of hydrogen-bond donors (Lipinski definition) is 0. The molecule has 6 heteroatoms. The molecule has 0 aliphatic carbocycles. The SMILES string of the molecule is CCC(Br)c1nnc(-c2ccc(F)c(Br)c2)s1. The summed E-state index contributed by atoms with van der Waals surface area (Å²) < 4.78 is 13.6. The maximum Gasteiger partial charge on any atom is 0.147 e. The third-order valence-corrected chi connectivity index (χ3v) is 5.31. The molecule has 2 nitrogen and oxygen atoms in total. The second kappa shape index (κ2) is 5.54. The van der Waals surface area contributed by atoms with Crippen molar-refractivity contribution in [2.45, 2.75) is 18.2 Å². The lowest BCUT2D eigenvalue weighted by Gasteiger charge is -1.99. The third-order valence-electron chi connectivity index (χ3n) is 2.23. The van der Waals surface area contributed by atoms with E-state index in [1.54, 1.807) is 12.1 Å². The lowest BCUT2D eigenvalue weighted by Crippen LogP contribution is -1.85. The molecule has 0 aliphatic heterocycles. The van der Waals surface area contributed by atoms with Gasteiger partial charge in [0.2, 0.25) is 0 Å². The minimum Gasteiger partial charge on any atom is -0.206 e. The lowest BCUT2D eigenvalue weighted by molar-refractivity contribution is 0.621. The summed E-state index contributed by atoms with van der Waals surface area (Å²) >= 11 is 8.22. The second-order valence-corrected chi connectivity index (χ2v) is 6.42. The highest BCUT2D eigenvalue weighted by molar-refractivity contribution is 9.10. The largest absolute Gasteiger partial charge is 0.206 e. The number of halogens is 3. The van der Waals surface area contributed by atoms with Gasteiger partial charge in [-0.1, -0.05) is 34.2 Å². The van der Waals surface area contributed by atoms with E-state index in [-0.39, 0.29) is 10.6 Å². The van der Waals surface area contributed by atoms with Crippen molar-refractivity contribution in [2.24, 2.45) is 0 Å². The molecule has 2 aromatic rings. The first-order valence-electron chi connectivity index (χ1n) is 5.04. The van der Waals surface area contributed by atoms with Gasteiger partial charge in [0.05, 0.1) is 9.30 Å². The number of hydrogen-bond acceptors (Lipinski definition) is 3. The molecular weight excluding hydrogens is 371 g/mol. The van der Waals surface area contributed by atoms with Crippen LogP contribution in [0.1, 0.15) is 23.2 Å². The highest BCUT2D eigenvalue weighted by Gasteiger charge is 2.13. The molecule has 0 spiro atoms. The molecule has 0 radical (unpaired) electrons. The fraction of sp³-hybridized carbons (Fsp3) is 0.273. The van der Waals surface area contributed by atoms with Crippen LogP contribution in [-0.4, -0.2) is 10.2 Å². The highest BCUT2D eigenvalue weighted by atomic mass is 79.9. The molecule has 0 saturated heterocycles. The summed E-state index contributed by atoms with van der Waals surface area (Å²) in [5.74, 6) is -0.273. The van der Waals surface area contributed by atoms with Crippen molar-refractivity contribution >= 4 is 43.2 Å². The van der Waals surface area contributed by atoms with Crippen molar-refractivity contribution in [1.82, 2.24) is 10.2 Å². The van der Waals surface area contributed by atoms with E-state index >= 15 is 0 Å². The van der Waals surface area contributed by atoms with Crippen molar-refractivity contribution in [1.29, 1.82) is 0 Å². The molecule has 0 saturated carbocycles. The first-order valence-corrected chi connectivity index (χ1v) is 7.57. The summed E-state index contributed by atoms with van der Waals surface area (Å²) in [7, 11) is 0. The summed E-state index contributed by atoms with van der Waals surface area (Å²) in [6.45, 7) is 2.08. The number of nitrogens with zero attached hydrogens (tertiary/aromatic N) is 2. The number of alkyl halides is 1. The minimum atomic E-state index is -0.273. The van der Waals surface area contributed by atoms with E-state index in [9.17, 15) is 4.39 Å². The predicted octanol–water partition coefficient (Wildman–Crippen LogP) is 4.95. The van der Waals surface area contributed by atoms with Crippen LogP contribution in [0.15, 0.2) is 22.7 Å². The average Bonchev–Trinajstić information content (AvgIpc) is 2.81. The Kier molecular flexibility index (Phi) is 4.27. The molecule has 0 aliphatic rings. The van der Waals surface area contributed by atoms with Gasteiger partial charge < -0.3 is 0 Å². The Hall–Kier alpha value is -0.330. The molecule has 1 heterocycles. The van der Waals surface area contributed by atoms with E-state index in [0.29, 0.717) is 4.47 Å². The third kappa shape index (κ3) is 2.92. The molecule has 17 heavy (non-hydrogen) atoms. The molecule has 1 unspecified atom stereocenters. The van der Waals surface area contributed by atoms with Gasteiger partial charge in [-0.25, -0.2) is 4.39 Å². The molecule has 0 bridgehead atoms. The Bertz CT molecular complexity index is 530. The van der Waals surface area contributed by atoms with E-state index < -0.39 is 0 Å². The normalized spacial score (nSPS) is 12.7. The Morgan fingerprint density at radius 1 is 1.41 bits per heavy atom. The Labute approximate surface area is 120 Å². The van der Waals surface area contributed by atoms with Gasteiger partial charge in [0, 0.05) is 5.56 Å². The zero-order chi connectivity index (χ0) is 12.4. The summed E-state index contributed by atoms with van der Waals surface area (Å²) in [5.41, 5.74) is 0.873. The molecule has 90 valence electrons. The van der Waals surface area contributed by atoms with Crippen LogP contribution < -0.4 is 0 Å². The summed E-state index contributed by atoms with van der Waals surface area (Å²) in [6, 6.07) is 4.85. The van der Waals surface area contributed by atoms with Crippen LogP contribution in [0.5, 0.6) is 0 Å². The number of rotatable bonds is 3. The standard InChI is InChI=1S/C11H9Br2FN2S/c1-2-7(12)11-16-15-10(17-11)6-3-4-9(14)8(13)5-6/h3-5,7H,2H2,1H3. The van der Waals surface area contributed by atoms with Gasteiger partial charge in [-0.15, -0.1) is 10.2 Å². The van der Waals surface area contributed by atoms with Crippen molar-refractivity contribution in [2.75, 3.05) is 0 Å². The molecule has 1 aromatic carbocycles. The molecular formula is C11H9Br2FN2S. The second-order valence-electron chi connectivity index (χ2n) is 3.45. The van der Waals surface area contributed by atoms with E-state index in [4.69, 9.17) is 0 Å². The Morgan fingerprint density at radius 2 is 2.18 bits per heavy atom. The minimum absolute atomic E-state index is 0.234. The van der Waals surface area contributed by atoms with Crippen molar-refractivity contribution in [3.63, 3.8) is 0 Å². The van der Waals surface area contributed by atoms with Crippen molar-refractivity contribution in [3.05, 3.63) is 33.5 Å². The highest BCUT2D eigenvalue weighted by Crippen LogP contribution is 2.33. The van der Waals surface area contributed by atoms with Crippen LogP contribution in [0.25, 0.3) is 10.6 Å². The zero-order valence-electron chi connectivity index (χ0n) is 8.95. The van der Waals surface area contributed by atoms with E-state index in [1.807, 2.05) is 0 Å². The van der Waals surface area contributed by atoms with Crippen LogP contribution in [0, 0.1) is 5.82 Å². The van der Waals surface area contributed by atoms with Gasteiger partial charge in [0.1, 0.15) is 15.8 Å². The smallest absolute Gasteiger partial charge is 0.147 e. The molecule has 0 fully saturated rings. The van der Waals surface area contributed by atoms with Crippen LogP contribution in [-0.2, 0) is 0 Å². The van der Waals surface area contributed by atoms with Gasteiger partial charge >= 0.3 is 0 Å². The number of aromatic nitrogens is 2. The van der Waals surface area contributed by atoms with Gasteiger partial charge in [-0.2, -0.15) is 0 Å². The van der Waals surface area contributed by atoms with E-state index in [0.717, 1.165) is 22.0 Å². The summed E-state index contributed by atoms with van der Waals surface area (Å²) in [6.07, 6.45) is 0.960. The van der Waals surface area contributed by atoms with Gasteiger partial charge in [-0.05, 0) is 40.5 Å². The quantitative estimate of drug-likeness (QED) is 0.705. The summed E-state index contributed by atoms with van der Waals surface area (Å²) in [5, 5.41) is 10.0. The average molecular weight is 380 g/mol. The van der Waals surface area contributed by atoms with Crippen LogP contribution in [0.3, 0.4) is 0 Å².